The molecule has 288 valence electrons. The van der Waals surface area contributed by atoms with Crippen molar-refractivity contribution in [2.75, 3.05) is 26.7 Å². The first-order valence-corrected chi connectivity index (χ1v) is 18.7. The lowest BCUT2D eigenvalue weighted by atomic mass is 9.98. The molecule has 0 fully saturated rings. The van der Waals surface area contributed by atoms with Gasteiger partial charge >= 0.3 is 6.09 Å². The standard InChI is InChI=1S/C43H46N8O5/c1-4-19-50(40(53)25-46-43(55)56-3)26-38-45-24-37(49-38)35-18-17-33-21-32(15-16-34(33)22-35)29-11-13-30(14-12-29)36-23-44-39(48-36)27-51(20-5-2)42(54)41(47-28-52)31-9-7-6-8-10-31/h6-18,21-24,28,41H,4-5,19-20,25-27H2,1-3H3,(H,44,48)(H,45,49)(H,46,55)(H,47,52)/t41-/m1/s1. The number of hydrogen-bond donors (Lipinski definition) is 4. The Hall–Kier alpha value is -6.76. The third kappa shape index (κ3) is 9.48. The van der Waals surface area contributed by atoms with Crippen LogP contribution >= 0.6 is 0 Å². The first-order chi connectivity index (χ1) is 27.3. The molecule has 0 aliphatic heterocycles. The first-order valence-electron chi connectivity index (χ1n) is 18.7. The number of nitrogens with zero attached hydrogens (tertiary/aromatic N) is 4. The summed E-state index contributed by atoms with van der Waals surface area (Å²) in [5.41, 5.74) is 6.50. The summed E-state index contributed by atoms with van der Waals surface area (Å²) in [6, 6.07) is 29.3. The monoisotopic (exact) mass is 754 g/mol. The molecule has 0 unspecified atom stereocenters. The van der Waals surface area contributed by atoms with Crippen LogP contribution in [-0.4, -0.2) is 80.8 Å². The second-order valence-corrected chi connectivity index (χ2v) is 13.4. The van der Waals surface area contributed by atoms with E-state index in [1.165, 1.54) is 7.11 Å². The fourth-order valence-electron chi connectivity index (χ4n) is 6.61. The van der Waals surface area contributed by atoms with Crippen molar-refractivity contribution in [3.63, 3.8) is 0 Å². The fourth-order valence-corrected chi connectivity index (χ4v) is 6.61. The van der Waals surface area contributed by atoms with Gasteiger partial charge < -0.3 is 35.1 Å². The zero-order valence-corrected chi connectivity index (χ0v) is 31.7. The van der Waals surface area contributed by atoms with Gasteiger partial charge in [-0.3, -0.25) is 14.4 Å². The summed E-state index contributed by atoms with van der Waals surface area (Å²) in [6.07, 6.45) is 4.98. The Morgan fingerprint density at radius 3 is 1.91 bits per heavy atom. The number of aromatic nitrogens is 4. The molecule has 0 spiro atoms. The summed E-state index contributed by atoms with van der Waals surface area (Å²) in [5, 5.41) is 7.30. The molecule has 13 heteroatoms. The molecule has 13 nitrogen and oxygen atoms in total. The van der Waals surface area contributed by atoms with E-state index < -0.39 is 12.1 Å². The number of carbonyl (C=O) groups excluding carboxylic acids is 4. The van der Waals surface area contributed by atoms with Crippen molar-refractivity contribution in [2.24, 2.45) is 0 Å². The number of carbonyl (C=O) groups is 4. The van der Waals surface area contributed by atoms with Crippen LogP contribution in [0.1, 0.15) is 49.9 Å². The molecule has 56 heavy (non-hydrogen) atoms. The molecule has 4 amide bonds. The Labute approximate surface area is 325 Å². The lowest BCUT2D eigenvalue weighted by molar-refractivity contribution is -0.135. The van der Waals surface area contributed by atoms with Crippen LogP contribution in [0.15, 0.2) is 103 Å². The van der Waals surface area contributed by atoms with Gasteiger partial charge in [0.15, 0.2) is 0 Å². The van der Waals surface area contributed by atoms with Crippen molar-refractivity contribution >= 4 is 35.1 Å². The number of hydrogen-bond acceptors (Lipinski definition) is 7. The number of ether oxygens (including phenoxy) is 1. The average molecular weight is 755 g/mol. The van der Waals surface area contributed by atoms with Crippen LogP contribution in [0.5, 0.6) is 0 Å². The molecule has 6 aromatic rings. The molecule has 0 saturated carbocycles. The van der Waals surface area contributed by atoms with E-state index in [1.54, 1.807) is 22.2 Å². The maximum atomic E-state index is 13.6. The number of fused-ring (bicyclic) bond motifs is 1. The third-order valence-electron chi connectivity index (χ3n) is 9.45. The largest absolute Gasteiger partial charge is 0.453 e. The van der Waals surface area contributed by atoms with Crippen LogP contribution in [0.3, 0.4) is 0 Å². The van der Waals surface area contributed by atoms with Gasteiger partial charge in [-0.1, -0.05) is 92.7 Å². The van der Waals surface area contributed by atoms with Gasteiger partial charge in [0.05, 0.1) is 44.0 Å². The van der Waals surface area contributed by atoms with Crippen molar-refractivity contribution in [2.45, 2.75) is 45.8 Å². The molecular weight excluding hydrogens is 709 g/mol. The van der Waals surface area contributed by atoms with E-state index in [-0.39, 0.29) is 24.9 Å². The van der Waals surface area contributed by atoms with Crippen molar-refractivity contribution in [3.05, 3.63) is 121 Å². The van der Waals surface area contributed by atoms with Crippen LogP contribution in [0, 0.1) is 0 Å². The van der Waals surface area contributed by atoms with Gasteiger partial charge in [0.25, 0.3) is 0 Å². The van der Waals surface area contributed by atoms with E-state index in [9.17, 15) is 19.2 Å². The minimum Gasteiger partial charge on any atom is -0.453 e. The lowest BCUT2D eigenvalue weighted by Crippen LogP contribution is -2.40. The highest BCUT2D eigenvalue weighted by Crippen LogP contribution is 2.30. The second kappa shape index (κ2) is 18.5. The van der Waals surface area contributed by atoms with E-state index in [0.29, 0.717) is 37.7 Å². The lowest BCUT2D eigenvalue weighted by Gasteiger charge is -2.26. The van der Waals surface area contributed by atoms with Crippen LogP contribution in [0.4, 0.5) is 4.79 Å². The molecule has 0 bridgehead atoms. The number of amides is 4. The van der Waals surface area contributed by atoms with Gasteiger partial charge in [-0.2, -0.15) is 0 Å². The van der Waals surface area contributed by atoms with Crippen molar-refractivity contribution in [1.82, 2.24) is 40.4 Å². The summed E-state index contributed by atoms with van der Waals surface area (Å²) >= 11 is 0. The molecule has 2 aromatic heterocycles. The van der Waals surface area contributed by atoms with Gasteiger partial charge in [-0.05, 0) is 58.0 Å². The number of aromatic amines is 2. The topological polar surface area (TPSA) is 165 Å². The number of benzene rings is 4. The Morgan fingerprint density at radius 1 is 0.732 bits per heavy atom. The van der Waals surface area contributed by atoms with Gasteiger partial charge in [0.2, 0.25) is 18.2 Å². The predicted octanol–water partition coefficient (Wildman–Crippen LogP) is 6.61. The maximum absolute atomic E-state index is 13.6. The van der Waals surface area contributed by atoms with Crippen molar-refractivity contribution in [1.29, 1.82) is 0 Å². The van der Waals surface area contributed by atoms with E-state index in [4.69, 9.17) is 0 Å². The Morgan fingerprint density at radius 2 is 1.29 bits per heavy atom. The highest BCUT2D eigenvalue weighted by molar-refractivity contribution is 5.91. The fraction of sp³-hybridized carbons (Fsp3) is 0.256. The number of rotatable bonds is 17. The first kappa shape index (κ1) is 38.9. The summed E-state index contributed by atoms with van der Waals surface area (Å²) in [6.45, 7) is 5.48. The molecule has 6 rings (SSSR count). The smallest absolute Gasteiger partial charge is 0.407 e. The molecule has 0 radical (unpaired) electrons. The Kier molecular flexibility index (Phi) is 12.9. The molecule has 2 heterocycles. The molecule has 1 atom stereocenters. The average Bonchev–Trinajstić information content (AvgIpc) is 3.91. The van der Waals surface area contributed by atoms with E-state index >= 15 is 0 Å². The number of methoxy groups -OCH3 is 1. The molecule has 4 aromatic carbocycles. The van der Waals surface area contributed by atoms with Crippen LogP contribution in [0.25, 0.3) is 44.4 Å². The van der Waals surface area contributed by atoms with E-state index in [1.807, 2.05) is 50.2 Å². The molecular formula is C43H46N8O5. The zero-order valence-electron chi connectivity index (χ0n) is 31.7. The summed E-state index contributed by atoms with van der Waals surface area (Å²) < 4.78 is 4.57. The maximum Gasteiger partial charge on any atom is 0.407 e. The molecule has 0 saturated heterocycles. The minimum atomic E-state index is -0.777. The van der Waals surface area contributed by atoms with E-state index in [2.05, 4.69) is 89.9 Å². The highest BCUT2D eigenvalue weighted by atomic mass is 16.5. The van der Waals surface area contributed by atoms with Gasteiger partial charge in [0.1, 0.15) is 24.2 Å². The minimum absolute atomic E-state index is 0.148. The number of alkyl carbamates (subject to hydrolysis) is 1. The molecule has 0 aliphatic carbocycles. The van der Waals surface area contributed by atoms with Crippen molar-refractivity contribution < 1.29 is 23.9 Å². The SMILES string of the molecule is CCCN(Cc1ncc(-c2ccc3cc(-c4ccc(-c5cnc(CN(CCC)C(=O)[C@H](NC=O)c6ccccc6)[nH]5)cc4)ccc3c2)[nH]1)C(=O)CNC(=O)OC. The molecule has 0 aliphatic rings. The van der Waals surface area contributed by atoms with Crippen LogP contribution in [-0.2, 0) is 32.2 Å². The zero-order chi connectivity index (χ0) is 39.4. The second-order valence-electron chi connectivity index (χ2n) is 13.4. The third-order valence-corrected chi connectivity index (χ3v) is 9.45. The number of H-pyrrole nitrogens is 2. The Bertz CT molecular complexity index is 2270. The van der Waals surface area contributed by atoms with Gasteiger partial charge in [-0.15, -0.1) is 0 Å². The number of nitrogens with one attached hydrogen (secondary N) is 4. The predicted molar refractivity (Wildman–Crippen MR) is 215 cm³/mol. The van der Waals surface area contributed by atoms with Crippen LogP contribution < -0.4 is 10.6 Å². The normalized spacial score (nSPS) is 11.5. The number of imidazole rings is 2. The summed E-state index contributed by atoms with van der Waals surface area (Å²) in [7, 11) is 1.26. The van der Waals surface area contributed by atoms with Gasteiger partial charge in [0, 0.05) is 18.7 Å². The summed E-state index contributed by atoms with van der Waals surface area (Å²) in [5.74, 6) is 0.897. The van der Waals surface area contributed by atoms with Crippen LogP contribution in [0.2, 0.25) is 0 Å². The summed E-state index contributed by atoms with van der Waals surface area (Å²) in [4.78, 5) is 68.3. The van der Waals surface area contributed by atoms with Crippen molar-refractivity contribution in [3.8, 4) is 33.6 Å². The molecule has 4 N–H and O–H groups in total. The Balaban J connectivity index is 1.11. The quantitative estimate of drug-likeness (QED) is 0.0762. The van der Waals surface area contributed by atoms with Gasteiger partial charge in [-0.25, -0.2) is 14.8 Å². The highest BCUT2D eigenvalue weighted by Gasteiger charge is 2.26. The van der Waals surface area contributed by atoms with E-state index in [0.717, 1.165) is 62.8 Å².